The van der Waals surface area contributed by atoms with Gasteiger partial charge in [-0.25, -0.2) is 0 Å². The lowest BCUT2D eigenvalue weighted by molar-refractivity contribution is -0.119. The molecule has 1 atom stereocenters. The zero-order chi connectivity index (χ0) is 14.7. The maximum atomic E-state index is 10.7. The molecule has 3 N–H and O–H groups in total. The number of anilines is 1. The van der Waals surface area contributed by atoms with Crippen molar-refractivity contribution in [3.05, 3.63) is 47.9 Å². The van der Waals surface area contributed by atoms with E-state index >= 15 is 0 Å². The van der Waals surface area contributed by atoms with Crippen molar-refractivity contribution >= 4 is 11.6 Å². The van der Waals surface area contributed by atoms with Crippen molar-refractivity contribution in [1.82, 2.24) is 0 Å². The van der Waals surface area contributed by atoms with Gasteiger partial charge < -0.3 is 20.2 Å². The van der Waals surface area contributed by atoms with Crippen LogP contribution in [0.5, 0.6) is 5.75 Å². The van der Waals surface area contributed by atoms with Crippen LogP contribution in [0.2, 0.25) is 0 Å². The zero-order valence-electron chi connectivity index (χ0n) is 11.7. The summed E-state index contributed by atoms with van der Waals surface area (Å²) in [5.74, 6) is 1.24. The number of ether oxygens (including phenoxy) is 1. The minimum absolute atomic E-state index is 0.103. The third-order valence-electron chi connectivity index (χ3n) is 3.63. The molecule has 5 nitrogen and oxygen atoms in total. The molecule has 1 amide bonds. The highest BCUT2D eigenvalue weighted by Crippen LogP contribution is 2.33. The number of nitrogens with two attached hydrogens (primary N) is 1. The fourth-order valence-corrected chi connectivity index (χ4v) is 2.64. The quantitative estimate of drug-likeness (QED) is 0.885. The predicted molar refractivity (Wildman–Crippen MR) is 79.1 cm³/mol. The molecule has 110 valence electrons. The fraction of sp³-hybridized carbons (Fsp3) is 0.312. The lowest BCUT2D eigenvalue weighted by Crippen LogP contribution is -2.20. The predicted octanol–water partition coefficient (Wildman–Crippen LogP) is 2.63. The Balaban J connectivity index is 1.65. The molecular formula is C16H18N2O3. The number of hydrogen-bond donors (Lipinski definition) is 2. The Labute approximate surface area is 123 Å². The minimum Gasteiger partial charge on any atom is -0.484 e. The first-order valence-electron chi connectivity index (χ1n) is 7.06. The summed E-state index contributed by atoms with van der Waals surface area (Å²) in [5, 5.41) is 3.51. The Bertz CT molecular complexity index is 619. The van der Waals surface area contributed by atoms with Crippen LogP contribution in [0, 0.1) is 0 Å². The van der Waals surface area contributed by atoms with Gasteiger partial charge in [0, 0.05) is 17.7 Å². The molecule has 0 spiro atoms. The van der Waals surface area contributed by atoms with Crippen LogP contribution in [0.4, 0.5) is 5.69 Å². The van der Waals surface area contributed by atoms with Crippen LogP contribution in [-0.4, -0.2) is 12.5 Å². The number of furan rings is 1. The molecule has 0 bridgehead atoms. The number of aryl methyl sites for hydroxylation is 1. The standard InChI is InChI=1S/C16H18N2O3/c17-16(19)10-21-12-6-4-11(5-7-12)18-14-2-1-3-15-13(14)8-9-20-15/h4-9,14,18H,1-3,10H2,(H2,17,19). The smallest absolute Gasteiger partial charge is 0.255 e. The van der Waals surface area contributed by atoms with Crippen LogP contribution in [-0.2, 0) is 11.2 Å². The van der Waals surface area contributed by atoms with Gasteiger partial charge in [0.2, 0.25) is 0 Å². The van der Waals surface area contributed by atoms with E-state index in [0.29, 0.717) is 5.75 Å². The van der Waals surface area contributed by atoms with Crippen molar-refractivity contribution < 1.29 is 13.9 Å². The third kappa shape index (κ3) is 3.18. The number of fused-ring (bicyclic) bond motifs is 1. The molecule has 3 rings (SSSR count). The molecule has 0 fully saturated rings. The molecule has 1 unspecified atom stereocenters. The van der Waals surface area contributed by atoms with Crippen molar-refractivity contribution in [2.45, 2.75) is 25.3 Å². The maximum Gasteiger partial charge on any atom is 0.255 e. The van der Waals surface area contributed by atoms with Gasteiger partial charge in [-0.1, -0.05) is 0 Å². The summed E-state index contributed by atoms with van der Waals surface area (Å²) in [6.07, 6.45) is 4.98. The van der Waals surface area contributed by atoms with Gasteiger partial charge in [0.25, 0.3) is 5.91 Å². The summed E-state index contributed by atoms with van der Waals surface area (Å²) >= 11 is 0. The van der Waals surface area contributed by atoms with Crippen LogP contribution >= 0.6 is 0 Å². The average molecular weight is 286 g/mol. The van der Waals surface area contributed by atoms with E-state index in [1.807, 2.05) is 30.3 Å². The zero-order valence-corrected chi connectivity index (χ0v) is 11.7. The largest absolute Gasteiger partial charge is 0.484 e. The lowest BCUT2D eigenvalue weighted by atomic mass is 9.93. The summed E-state index contributed by atoms with van der Waals surface area (Å²) in [6, 6.07) is 9.84. The molecule has 1 heterocycles. The van der Waals surface area contributed by atoms with E-state index in [9.17, 15) is 4.79 Å². The molecule has 1 aromatic heterocycles. The maximum absolute atomic E-state index is 10.7. The number of benzene rings is 1. The van der Waals surface area contributed by atoms with Crippen LogP contribution in [0.15, 0.2) is 41.0 Å². The van der Waals surface area contributed by atoms with E-state index in [2.05, 4.69) is 5.32 Å². The molecule has 5 heteroatoms. The Hall–Kier alpha value is -2.43. The first-order valence-corrected chi connectivity index (χ1v) is 7.06. The molecule has 1 aromatic carbocycles. The Morgan fingerprint density at radius 3 is 2.90 bits per heavy atom. The van der Waals surface area contributed by atoms with Gasteiger partial charge in [-0.15, -0.1) is 0 Å². The number of carbonyl (C=O) groups is 1. The van der Waals surface area contributed by atoms with E-state index in [1.54, 1.807) is 6.26 Å². The average Bonchev–Trinajstić information content (AvgIpc) is 2.96. The third-order valence-corrected chi connectivity index (χ3v) is 3.63. The van der Waals surface area contributed by atoms with Gasteiger partial charge >= 0.3 is 0 Å². The molecule has 2 aromatic rings. The van der Waals surface area contributed by atoms with Crippen molar-refractivity contribution in [3.8, 4) is 5.75 Å². The first-order chi connectivity index (χ1) is 10.2. The molecular weight excluding hydrogens is 268 g/mol. The van der Waals surface area contributed by atoms with E-state index < -0.39 is 5.91 Å². The number of nitrogens with one attached hydrogen (secondary N) is 1. The van der Waals surface area contributed by atoms with Gasteiger partial charge in [0.15, 0.2) is 6.61 Å². The Morgan fingerprint density at radius 1 is 1.33 bits per heavy atom. The second-order valence-corrected chi connectivity index (χ2v) is 5.17. The van der Waals surface area contributed by atoms with E-state index in [-0.39, 0.29) is 12.6 Å². The van der Waals surface area contributed by atoms with Crippen molar-refractivity contribution in [2.24, 2.45) is 5.73 Å². The van der Waals surface area contributed by atoms with E-state index in [4.69, 9.17) is 14.9 Å². The monoisotopic (exact) mass is 286 g/mol. The van der Waals surface area contributed by atoms with E-state index in [1.165, 1.54) is 5.56 Å². The molecule has 0 aliphatic heterocycles. The lowest BCUT2D eigenvalue weighted by Gasteiger charge is -2.23. The first kappa shape index (κ1) is 13.5. The summed E-state index contributed by atoms with van der Waals surface area (Å²) < 4.78 is 10.7. The Kier molecular flexibility index (Phi) is 3.81. The van der Waals surface area contributed by atoms with Crippen LogP contribution in [0.25, 0.3) is 0 Å². The normalized spacial score (nSPS) is 17.0. The highest BCUT2D eigenvalue weighted by atomic mass is 16.5. The van der Waals surface area contributed by atoms with Gasteiger partial charge in [-0.05, 0) is 43.2 Å². The molecule has 0 saturated carbocycles. The van der Waals surface area contributed by atoms with Gasteiger partial charge in [0.05, 0.1) is 12.3 Å². The fourth-order valence-electron chi connectivity index (χ4n) is 2.64. The summed E-state index contributed by atoms with van der Waals surface area (Å²) in [6.45, 7) is -0.103. The number of amides is 1. The molecule has 1 aliphatic rings. The van der Waals surface area contributed by atoms with Crippen LogP contribution in [0.1, 0.15) is 30.2 Å². The number of carbonyl (C=O) groups excluding carboxylic acids is 1. The van der Waals surface area contributed by atoms with E-state index in [0.717, 1.165) is 30.7 Å². The van der Waals surface area contributed by atoms with Gasteiger partial charge in [0.1, 0.15) is 11.5 Å². The summed E-state index contributed by atoms with van der Waals surface area (Å²) in [5.41, 5.74) is 7.30. The molecule has 1 aliphatic carbocycles. The van der Waals surface area contributed by atoms with Gasteiger partial charge in [-0.3, -0.25) is 4.79 Å². The second kappa shape index (κ2) is 5.91. The number of rotatable bonds is 5. The topological polar surface area (TPSA) is 77.5 Å². The second-order valence-electron chi connectivity index (χ2n) is 5.17. The van der Waals surface area contributed by atoms with Crippen LogP contribution in [0.3, 0.4) is 0 Å². The Morgan fingerprint density at radius 2 is 2.14 bits per heavy atom. The highest BCUT2D eigenvalue weighted by Gasteiger charge is 2.22. The van der Waals surface area contributed by atoms with Gasteiger partial charge in [-0.2, -0.15) is 0 Å². The van der Waals surface area contributed by atoms with Crippen molar-refractivity contribution in [2.75, 3.05) is 11.9 Å². The molecule has 21 heavy (non-hydrogen) atoms. The minimum atomic E-state index is -0.480. The SMILES string of the molecule is NC(=O)COc1ccc(NC2CCCc3occc32)cc1. The number of hydrogen-bond acceptors (Lipinski definition) is 4. The number of primary amides is 1. The molecule has 0 saturated heterocycles. The van der Waals surface area contributed by atoms with Crippen molar-refractivity contribution in [1.29, 1.82) is 0 Å². The van der Waals surface area contributed by atoms with Crippen LogP contribution < -0.4 is 15.8 Å². The van der Waals surface area contributed by atoms with Crippen molar-refractivity contribution in [3.63, 3.8) is 0 Å². The highest BCUT2D eigenvalue weighted by molar-refractivity contribution is 5.75. The summed E-state index contributed by atoms with van der Waals surface area (Å²) in [4.78, 5) is 10.7. The molecule has 0 radical (unpaired) electrons. The summed E-state index contributed by atoms with van der Waals surface area (Å²) in [7, 11) is 0.